The minimum absolute atomic E-state index is 0.0729. The molecule has 0 spiro atoms. The fourth-order valence-electron chi connectivity index (χ4n) is 1.63. The number of nitrogens with one attached hydrogen (secondary N) is 2. The fraction of sp³-hybridized carbons (Fsp3) is 0.500. The zero-order chi connectivity index (χ0) is 15.5. The summed E-state index contributed by atoms with van der Waals surface area (Å²) in [7, 11) is -3.89. The lowest BCUT2D eigenvalue weighted by Crippen LogP contribution is -2.28. The molecule has 8 nitrogen and oxygen atoms in total. The third kappa shape index (κ3) is 4.57. The first-order valence-corrected chi connectivity index (χ1v) is 7.99. The second-order valence-electron chi connectivity index (χ2n) is 4.77. The Morgan fingerprint density at radius 1 is 1.33 bits per heavy atom. The maximum atomic E-state index is 11.8. The Hall–Kier alpha value is -1.87. The van der Waals surface area contributed by atoms with Crippen molar-refractivity contribution in [2.24, 2.45) is 0 Å². The summed E-state index contributed by atoms with van der Waals surface area (Å²) in [5.41, 5.74) is 0. The van der Waals surface area contributed by atoms with Crippen molar-refractivity contribution in [3.05, 3.63) is 17.9 Å². The Labute approximate surface area is 121 Å². The van der Waals surface area contributed by atoms with E-state index in [9.17, 15) is 18.0 Å². The molecule has 0 saturated heterocycles. The molecule has 3 N–H and O–H groups in total. The standard InChI is InChI=1S/C12H16N2O6S/c15-10(14-8-3-4-8)2-1-7-13-21(18,19)11-6-5-9(20-11)12(16)17/h5-6,8,13H,1-4,7H2,(H,14,15)(H,16,17). The van der Waals surface area contributed by atoms with Gasteiger partial charge in [-0.15, -0.1) is 0 Å². The van der Waals surface area contributed by atoms with E-state index in [2.05, 4.69) is 10.0 Å². The predicted octanol–water partition coefficient (Wildman–Crippen LogP) is 0.315. The van der Waals surface area contributed by atoms with Gasteiger partial charge in [-0.25, -0.2) is 17.9 Å². The molecule has 0 radical (unpaired) electrons. The summed E-state index contributed by atoms with van der Waals surface area (Å²) in [6, 6.07) is 2.43. The molecule has 0 aliphatic heterocycles. The summed E-state index contributed by atoms with van der Waals surface area (Å²) in [6.45, 7) is 0.0729. The molecule has 1 fully saturated rings. The number of amides is 1. The molecule has 1 aliphatic carbocycles. The molecule has 0 unspecified atom stereocenters. The SMILES string of the molecule is O=C(CCCNS(=O)(=O)c1ccc(C(=O)O)o1)NC1CC1. The summed E-state index contributed by atoms with van der Waals surface area (Å²) in [6.07, 6.45) is 2.59. The summed E-state index contributed by atoms with van der Waals surface area (Å²) >= 11 is 0. The molecule has 2 rings (SSSR count). The molecule has 0 atom stereocenters. The lowest BCUT2D eigenvalue weighted by molar-refractivity contribution is -0.121. The van der Waals surface area contributed by atoms with Gasteiger partial charge in [0, 0.05) is 19.0 Å². The van der Waals surface area contributed by atoms with Crippen LogP contribution in [0.4, 0.5) is 0 Å². The number of sulfonamides is 1. The Morgan fingerprint density at radius 3 is 2.62 bits per heavy atom. The van der Waals surface area contributed by atoms with Crippen LogP contribution >= 0.6 is 0 Å². The van der Waals surface area contributed by atoms with Gasteiger partial charge in [0.15, 0.2) is 0 Å². The summed E-state index contributed by atoms with van der Waals surface area (Å²) < 4.78 is 30.6. The Morgan fingerprint density at radius 2 is 2.05 bits per heavy atom. The van der Waals surface area contributed by atoms with Crippen LogP contribution in [-0.4, -0.2) is 38.0 Å². The van der Waals surface area contributed by atoms with Gasteiger partial charge in [0.25, 0.3) is 10.0 Å². The highest BCUT2D eigenvalue weighted by Crippen LogP contribution is 2.18. The predicted molar refractivity (Wildman–Crippen MR) is 71.3 cm³/mol. The maximum Gasteiger partial charge on any atom is 0.371 e. The van der Waals surface area contributed by atoms with Crippen LogP contribution in [0.5, 0.6) is 0 Å². The number of rotatable bonds is 8. The lowest BCUT2D eigenvalue weighted by atomic mass is 10.3. The highest BCUT2D eigenvalue weighted by atomic mass is 32.2. The number of hydrogen-bond acceptors (Lipinski definition) is 5. The first-order chi connectivity index (χ1) is 9.88. The molecular formula is C12H16N2O6S. The molecule has 0 bridgehead atoms. The summed E-state index contributed by atoms with van der Waals surface area (Å²) in [4.78, 5) is 22.0. The normalized spacial score (nSPS) is 14.9. The average molecular weight is 316 g/mol. The van der Waals surface area contributed by atoms with E-state index in [1.54, 1.807) is 0 Å². The zero-order valence-electron chi connectivity index (χ0n) is 11.2. The number of carboxylic acid groups (broad SMARTS) is 1. The molecule has 1 saturated carbocycles. The van der Waals surface area contributed by atoms with Crippen molar-refractivity contribution in [3.8, 4) is 0 Å². The molecule has 0 aromatic carbocycles. The van der Waals surface area contributed by atoms with E-state index in [-0.39, 0.29) is 24.9 Å². The van der Waals surface area contributed by atoms with Gasteiger partial charge in [-0.05, 0) is 31.4 Å². The monoisotopic (exact) mass is 316 g/mol. The molecule has 1 aliphatic rings. The van der Waals surface area contributed by atoms with Crippen molar-refractivity contribution in [3.63, 3.8) is 0 Å². The van der Waals surface area contributed by atoms with E-state index < -0.39 is 26.8 Å². The Bertz CT molecular complexity index is 632. The van der Waals surface area contributed by atoms with Crippen molar-refractivity contribution in [2.45, 2.75) is 36.8 Å². The number of hydrogen-bond donors (Lipinski definition) is 3. The second-order valence-corrected chi connectivity index (χ2v) is 6.46. The highest BCUT2D eigenvalue weighted by Gasteiger charge is 2.23. The molecule has 1 amide bonds. The molecular weight excluding hydrogens is 300 g/mol. The van der Waals surface area contributed by atoms with E-state index in [0.717, 1.165) is 25.0 Å². The van der Waals surface area contributed by atoms with Crippen LogP contribution in [0.15, 0.2) is 21.6 Å². The van der Waals surface area contributed by atoms with Crippen molar-refractivity contribution in [1.82, 2.24) is 10.0 Å². The third-order valence-corrected chi connectivity index (χ3v) is 4.21. The Balaban J connectivity index is 1.77. The van der Waals surface area contributed by atoms with Crippen molar-refractivity contribution >= 4 is 21.9 Å². The number of furan rings is 1. The van der Waals surface area contributed by atoms with Crippen LogP contribution in [0.2, 0.25) is 0 Å². The van der Waals surface area contributed by atoms with Crippen LogP contribution < -0.4 is 10.0 Å². The van der Waals surface area contributed by atoms with Crippen LogP contribution in [0.1, 0.15) is 36.2 Å². The van der Waals surface area contributed by atoms with Gasteiger partial charge >= 0.3 is 5.97 Å². The molecule has 9 heteroatoms. The fourth-order valence-corrected chi connectivity index (χ4v) is 2.64. The molecule has 1 heterocycles. The van der Waals surface area contributed by atoms with Gasteiger partial charge in [0.1, 0.15) is 0 Å². The second kappa shape index (κ2) is 6.27. The minimum Gasteiger partial charge on any atom is -0.475 e. The number of carbonyl (C=O) groups excluding carboxylic acids is 1. The van der Waals surface area contributed by atoms with E-state index in [1.165, 1.54) is 0 Å². The van der Waals surface area contributed by atoms with Crippen LogP contribution in [0.25, 0.3) is 0 Å². The van der Waals surface area contributed by atoms with Crippen LogP contribution in [0.3, 0.4) is 0 Å². The van der Waals surface area contributed by atoms with E-state index in [1.807, 2.05) is 0 Å². The summed E-state index contributed by atoms with van der Waals surface area (Å²) in [5, 5.41) is 11.0. The zero-order valence-corrected chi connectivity index (χ0v) is 12.0. The smallest absolute Gasteiger partial charge is 0.371 e. The van der Waals surface area contributed by atoms with Crippen LogP contribution in [0, 0.1) is 0 Å². The lowest BCUT2D eigenvalue weighted by Gasteiger charge is -2.05. The molecule has 1 aromatic rings. The average Bonchev–Trinajstić information content (AvgIpc) is 3.06. The van der Waals surface area contributed by atoms with Gasteiger partial charge in [0.2, 0.25) is 16.8 Å². The minimum atomic E-state index is -3.89. The quantitative estimate of drug-likeness (QED) is 0.593. The largest absolute Gasteiger partial charge is 0.475 e. The maximum absolute atomic E-state index is 11.8. The number of carbonyl (C=O) groups is 2. The summed E-state index contributed by atoms with van der Waals surface area (Å²) in [5.74, 6) is -1.88. The first kappa shape index (κ1) is 15.5. The van der Waals surface area contributed by atoms with Crippen molar-refractivity contribution < 1.29 is 27.5 Å². The van der Waals surface area contributed by atoms with Gasteiger partial charge in [0.05, 0.1) is 0 Å². The van der Waals surface area contributed by atoms with Gasteiger partial charge < -0.3 is 14.8 Å². The van der Waals surface area contributed by atoms with Gasteiger partial charge in [-0.1, -0.05) is 0 Å². The van der Waals surface area contributed by atoms with Crippen molar-refractivity contribution in [1.29, 1.82) is 0 Å². The topological polar surface area (TPSA) is 126 Å². The van der Waals surface area contributed by atoms with E-state index in [4.69, 9.17) is 9.52 Å². The number of aromatic carboxylic acids is 1. The van der Waals surface area contributed by atoms with Crippen LogP contribution in [-0.2, 0) is 14.8 Å². The highest BCUT2D eigenvalue weighted by molar-refractivity contribution is 7.89. The van der Waals surface area contributed by atoms with Gasteiger partial charge in [-0.2, -0.15) is 0 Å². The van der Waals surface area contributed by atoms with E-state index >= 15 is 0 Å². The first-order valence-electron chi connectivity index (χ1n) is 6.50. The van der Waals surface area contributed by atoms with Gasteiger partial charge in [-0.3, -0.25) is 4.79 Å². The number of carboxylic acids is 1. The molecule has 1 aromatic heterocycles. The van der Waals surface area contributed by atoms with E-state index in [0.29, 0.717) is 6.42 Å². The van der Waals surface area contributed by atoms with Crippen molar-refractivity contribution in [2.75, 3.05) is 6.54 Å². The Kier molecular flexibility index (Phi) is 4.63. The third-order valence-electron chi connectivity index (χ3n) is 2.87. The molecule has 116 valence electrons. The molecule has 21 heavy (non-hydrogen) atoms.